The van der Waals surface area contributed by atoms with E-state index >= 15 is 0 Å². The number of aliphatic carboxylic acids is 1. The molecule has 2 aromatic carbocycles. The van der Waals surface area contributed by atoms with Crippen LogP contribution < -0.4 is 9.80 Å². The highest BCUT2D eigenvalue weighted by atomic mass is 32.2. The van der Waals surface area contributed by atoms with Gasteiger partial charge in [0.15, 0.2) is 0 Å². The first-order chi connectivity index (χ1) is 15.2. The van der Waals surface area contributed by atoms with Gasteiger partial charge in [0.2, 0.25) is 0 Å². The molecule has 0 radical (unpaired) electrons. The van der Waals surface area contributed by atoms with Crippen LogP contribution >= 0.6 is 11.8 Å². The lowest BCUT2D eigenvalue weighted by atomic mass is 9.96. The second-order valence-corrected chi connectivity index (χ2v) is 8.64. The van der Waals surface area contributed by atoms with Gasteiger partial charge in [0.25, 0.3) is 11.1 Å². The molecule has 2 aromatic rings. The Bertz CT molecular complexity index is 1030. The maximum Gasteiger partial charge on any atom is 0.323 e. The third-order valence-corrected chi connectivity index (χ3v) is 5.88. The number of anilines is 2. The van der Waals surface area contributed by atoms with Gasteiger partial charge in [-0.25, -0.2) is 0 Å². The van der Waals surface area contributed by atoms with Gasteiger partial charge in [-0.2, -0.15) is 0 Å². The third kappa shape index (κ3) is 5.20. The predicted molar refractivity (Wildman–Crippen MR) is 129 cm³/mol. The Morgan fingerprint density at radius 1 is 0.906 bits per heavy atom. The Morgan fingerprint density at radius 2 is 1.38 bits per heavy atom. The smallest absolute Gasteiger partial charge is 0.323 e. The Hall–Kier alpha value is -3.52. The summed E-state index contributed by atoms with van der Waals surface area (Å²) in [5.74, 6) is -1.82. The molecule has 0 bridgehead atoms. The first kappa shape index (κ1) is 23.1. The van der Waals surface area contributed by atoms with Crippen LogP contribution in [0.3, 0.4) is 0 Å². The number of carboxylic acid groups (broad SMARTS) is 1. The van der Waals surface area contributed by atoms with Crippen molar-refractivity contribution >= 4 is 45.8 Å². The van der Waals surface area contributed by atoms with Crippen LogP contribution in [-0.2, 0) is 9.59 Å². The lowest BCUT2D eigenvalue weighted by Crippen LogP contribution is -2.33. The predicted octanol–water partition coefficient (Wildman–Crippen LogP) is 3.91. The number of thioether (sulfide) groups is 1. The first-order valence-electron chi connectivity index (χ1n) is 9.90. The number of carbonyl (C=O) groups excluding carboxylic acids is 2. The van der Waals surface area contributed by atoms with Gasteiger partial charge >= 0.3 is 5.97 Å². The third-order valence-electron chi connectivity index (χ3n) is 4.96. The highest BCUT2D eigenvalue weighted by Gasteiger charge is 2.36. The molecule has 2 amide bonds. The quantitative estimate of drug-likeness (QED) is 0.639. The zero-order chi connectivity index (χ0) is 23.4. The van der Waals surface area contributed by atoms with Crippen LogP contribution in [-0.4, -0.2) is 61.9 Å². The summed E-state index contributed by atoms with van der Waals surface area (Å²) < 4.78 is 0. The normalized spacial score (nSPS) is 14.6. The van der Waals surface area contributed by atoms with E-state index in [0.717, 1.165) is 44.7 Å². The largest absolute Gasteiger partial charge is 0.480 e. The molecule has 1 aliphatic heterocycles. The second-order valence-electron chi connectivity index (χ2n) is 7.65. The fourth-order valence-corrected chi connectivity index (χ4v) is 3.96. The average Bonchev–Trinajstić information content (AvgIpc) is 3.01. The van der Waals surface area contributed by atoms with Gasteiger partial charge in [-0.15, -0.1) is 0 Å². The molecule has 1 N–H and O–H groups in total. The van der Waals surface area contributed by atoms with Crippen LogP contribution in [0.2, 0.25) is 0 Å². The fraction of sp³-hybridized carbons (Fsp3) is 0.208. The lowest BCUT2D eigenvalue weighted by Gasteiger charge is -2.16. The van der Waals surface area contributed by atoms with Crippen LogP contribution in [0.4, 0.5) is 16.2 Å². The zero-order valence-corrected chi connectivity index (χ0v) is 19.2. The van der Waals surface area contributed by atoms with Crippen molar-refractivity contribution in [2.45, 2.75) is 0 Å². The van der Waals surface area contributed by atoms with Gasteiger partial charge in [-0.05, 0) is 58.8 Å². The molecule has 1 heterocycles. The molecule has 3 rings (SSSR count). The van der Waals surface area contributed by atoms with E-state index in [0.29, 0.717) is 0 Å². The van der Waals surface area contributed by atoms with Crippen LogP contribution in [0.15, 0.2) is 65.6 Å². The molecule has 32 heavy (non-hydrogen) atoms. The van der Waals surface area contributed by atoms with Crippen molar-refractivity contribution in [3.63, 3.8) is 0 Å². The van der Waals surface area contributed by atoms with Gasteiger partial charge in [-0.1, -0.05) is 30.3 Å². The number of allylic oxidation sites excluding steroid dienone is 2. The number of hydrogen-bond acceptors (Lipinski definition) is 6. The maximum atomic E-state index is 12.5. The van der Waals surface area contributed by atoms with Gasteiger partial charge in [-0.3, -0.25) is 19.3 Å². The molecule has 0 unspecified atom stereocenters. The van der Waals surface area contributed by atoms with E-state index in [1.54, 1.807) is 12.2 Å². The van der Waals surface area contributed by atoms with E-state index in [1.165, 1.54) is 0 Å². The second kappa shape index (κ2) is 9.74. The van der Waals surface area contributed by atoms with Crippen LogP contribution in [0.5, 0.6) is 0 Å². The Balaban J connectivity index is 2.01. The van der Waals surface area contributed by atoms with E-state index < -0.39 is 23.7 Å². The van der Waals surface area contributed by atoms with Crippen molar-refractivity contribution in [3.8, 4) is 0 Å². The van der Waals surface area contributed by atoms with E-state index in [1.807, 2.05) is 86.5 Å². The molecule has 0 aromatic heterocycles. The Morgan fingerprint density at radius 3 is 1.78 bits per heavy atom. The van der Waals surface area contributed by atoms with Crippen molar-refractivity contribution in [1.29, 1.82) is 0 Å². The first-order valence-corrected chi connectivity index (χ1v) is 10.7. The number of carbonyl (C=O) groups is 3. The van der Waals surface area contributed by atoms with E-state index in [4.69, 9.17) is 5.11 Å². The molecule has 8 heteroatoms. The SMILES string of the molecule is CN(C)c1ccc(C(=C/C=C2/SC(=O)N(CC(=O)O)C2=O)c2ccc(N(C)C)cc2)cc1. The van der Waals surface area contributed by atoms with Crippen molar-refractivity contribution in [1.82, 2.24) is 4.90 Å². The zero-order valence-electron chi connectivity index (χ0n) is 18.4. The van der Waals surface area contributed by atoms with E-state index in [2.05, 4.69) is 0 Å². The van der Waals surface area contributed by atoms with Crippen molar-refractivity contribution in [2.24, 2.45) is 0 Å². The lowest BCUT2D eigenvalue weighted by molar-refractivity contribution is -0.140. The van der Waals surface area contributed by atoms with Crippen molar-refractivity contribution in [3.05, 3.63) is 76.7 Å². The van der Waals surface area contributed by atoms with Crippen molar-refractivity contribution < 1.29 is 19.5 Å². The van der Waals surface area contributed by atoms with E-state index in [-0.39, 0.29) is 4.91 Å². The highest BCUT2D eigenvalue weighted by molar-refractivity contribution is 8.18. The monoisotopic (exact) mass is 451 g/mol. The molecule has 0 spiro atoms. The standard InChI is InChI=1S/C24H25N3O4S/c1-25(2)18-9-5-16(6-10-18)20(17-7-11-19(12-8-17)26(3)4)13-14-21-23(30)27(15-22(28)29)24(31)32-21/h5-14H,15H2,1-4H3,(H,28,29)/b21-14+. The summed E-state index contributed by atoms with van der Waals surface area (Å²) in [5, 5.41) is 8.36. The molecule has 7 nitrogen and oxygen atoms in total. The fourth-order valence-electron chi connectivity index (χ4n) is 3.18. The van der Waals surface area contributed by atoms with Crippen LogP contribution in [0.1, 0.15) is 11.1 Å². The van der Waals surface area contributed by atoms with Gasteiger partial charge in [0.05, 0.1) is 4.91 Å². The average molecular weight is 452 g/mol. The molecule has 0 atom stereocenters. The summed E-state index contributed by atoms with van der Waals surface area (Å²) in [6.07, 6.45) is 3.38. The molecular formula is C24H25N3O4S. The summed E-state index contributed by atoms with van der Waals surface area (Å²) in [6.45, 7) is -0.642. The molecule has 1 aliphatic rings. The number of nitrogens with zero attached hydrogens (tertiary/aromatic N) is 3. The summed E-state index contributed by atoms with van der Waals surface area (Å²) in [5.41, 5.74) is 4.91. The molecule has 166 valence electrons. The molecule has 1 saturated heterocycles. The van der Waals surface area contributed by atoms with E-state index in [9.17, 15) is 14.4 Å². The summed E-state index contributed by atoms with van der Waals surface area (Å²) in [4.78, 5) is 40.4. The Kier molecular flexibility index (Phi) is 7.05. The molecule has 0 saturated carbocycles. The van der Waals surface area contributed by atoms with Crippen LogP contribution in [0.25, 0.3) is 5.57 Å². The maximum absolute atomic E-state index is 12.5. The van der Waals surface area contributed by atoms with Crippen molar-refractivity contribution in [2.75, 3.05) is 44.5 Å². The number of hydrogen-bond donors (Lipinski definition) is 1. The molecule has 0 aliphatic carbocycles. The topological polar surface area (TPSA) is 81.2 Å². The molecule has 1 fully saturated rings. The summed E-state index contributed by atoms with van der Waals surface area (Å²) in [7, 11) is 7.88. The van der Waals surface area contributed by atoms with Gasteiger partial charge < -0.3 is 14.9 Å². The number of benzene rings is 2. The minimum Gasteiger partial charge on any atom is -0.480 e. The number of amides is 2. The van der Waals surface area contributed by atoms with Gasteiger partial charge in [0.1, 0.15) is 6.54 Å². The Labute approximate surface area is 191 Å². The highest BCUT2D eigenvalue weighted by Crippen LogP contribution is 2.32. The molecular weight excluding hydrogens is 426 g/mol. The summed E-state index contributed by atoms with van der Waals surface area (Å²) >= 11 is 0.746. The van der Waals surface area contributed by atoms with Gasteiger partial charge in [0, 0.05) is 39.6 Å². The number of imide groups is 1. The van der Waals surface area contributed by atoms with Crippen LogP contribution in [0, 0.1) is 0 Å². The number of rotatable bonds is 7. The minimum absolute atomic E-state index is 0.198. The minimum atomic E-state index is -1.23. The summed E-state index contributed by atoms with van der Waals surface area (Å²) in [6, 6.07) is 16.1. The number of carboxylic acids is 1.